The Morgan fingerprint density at radius 1 is 1.35 bits per heavy atom. The van der Waals surface area contributed by atoms with Gasteiger partial charge in [0.15, 0.2) is 0 Å². The minimum absolute atomic E-state index is 0.00519. The lowest BCUT2D eigenvalue weighted by atomic mass is 10.1. The molecule has 1 atom stereocenters. The third-order valence-electron chi connectivity index (χ3n) is 2.34. The van der Waals surface area contributed by atoms with Crippen LogP contribution in [0.5, 0.6) is 0 Å². The Balaban J connectivity index is 2.82. The molecule has 2 nitrogen and oxygen atoms in total. The molecule has 0 heterocycles. The maximum Gasteiger partial charge on any atom is 0.419 e. The van der Waals surface area contributed by atoms with Crippen molar-refractivity contribution < 1.29 is 17.6 Å². The van der Waals surface area contributed by atoms with E-state index >= 15 is 0 Å². The molecule has 0 unspecified atom stereocenters. The van der Waals surface area contributed by atoms with Crippen molar-refractivity contribution >= 4 is 0 Å². The van der Waals surface area contributed by atoms with E-state index in [0.29, 0.717) is 12.1 Å². The molecule has 3 N–H and O–H groups in total. The number of alkyl halides is 3. The monoisotopic (exact) mass is 250 g/mol. The Labute approximate surface area is 96.8 Å². The van der Waals surface area contributed by atoms with Crippen LogP contribution in [0.15, 0.2) is 18.2 Å². The van der Waals surface area contributed by atoms with Crippen LogP contribution in [0.4, 0.5) is 17.6 Å². The maximum absolute atomic E-state index is 13.0. The van der Waals surface area contributed by atoms with Gasteiger partial charge in [-0.25, -0.2) is 4.39 Å². The molecule has 6 heteroatoms. The summed E-state index contributed by atoms with van der Waals surface area (Å²) >= 11 is 0. The summed E-state index contributed by atoms with van der Waals surface area (Å²) in [4.78, 5) is 0. The van der Waals surface area contributed by atoms with Crippen molar-refractivity contribution in [1.29, 1.82) is 0 Å². The summed E-state index contributed by atoms with van der Waals surface area (Å²) in [6.45, 7) is 2.42. The molecular weight excluding hydrogens is 236 g/mol. The Morgan fingerprint density at radius 2 is 2.00 bits per heavy atom. The summed E-state index contributed by atoms with van der Waals surface area (Å²) in [5.74, 6) is -1.26. The quantitative estimate of drug-likeness (QED) is 0.804. The molecule has 0 saturated heterocycles. The topological polar surface area (TPSA) is 38.0 Å². The molecule has 1 rings (SSSR count). The zero-order valence-electron chi connectivity index (χ0n) is 9.31. The molecule has 0 fully saturated rings. The van der Waals surface area contributed by atoms with Gasteiger partial charge in [0.25, 0.3) is 0 Å². The van der Waals surface area contributed by atoms with Crippen LogP contribution in [0.25, 0.3) is 0 Å². The summed E-state index contributed by atoms with van der Waals surface area (Å²) in [6.07, 6.45) is -4.67. The summed E-state index contributed by atoms with van der Waals surface area (Å²) < 4.78 is 50.2. The van der Waals surface area contributed by atoms with Crippen LogP contribution in [0.1, 0.15) is 18.1 Å². The van der Waals surface area contributed by atoms with Crippen LogP contribution in [0, 0.1) is 5.82 Å². The lowest BCUT2D eigenvalue weighted by Gasteiger charge is -2.13. The van der Waals surface area contributed by atoms with E-state index in [-0.39, 0.29) is 12.6 Å². The van der Waals surface area contributed by atoms with Gasteiger partial charge in [-0.05, 0) is 24.6 Å². The zero-order chi connectivity index (χ0) is 13.1. The van der Waals surface area contributed by atoms with Crippen molar-refractivity contribution in [2.24, 2.45) is 5.73 Å². The lowest BCUT2D eigenvalue weighted by Crippen LogP contribution is -2.32. The second kappa shape index (κ2) is 5.46. The Bertz CT molecular complexity index is 376. The summed E-state index contributed by atoms with van der Waals surface area (Å²) in [5.41, 5.74) is 4.49. The molecule has 0 aliphatic rings. The number of nitrogens with one attached hydrogen (secondary N) is 1. The van der Waals surface area contributed by atoms with Crippen molar-refractivity contribution in [2.45, 2.75) is 25.7 Å². The molecule has 96 valence electrons. The highest BCUT2D eigenvalue weighted by Crippen LogP contribution is 2.31. The average Bonchev–Trinajstić information content (AvgIpc) is 2.26. The highest BCUT2D eigenvalue weighted by atomic mass is 19.4. The molecule has 0 aromatic heterocycles. The molecule has 1 aromatic carbocycles. The number of benzene rings is 1. The van der Waals surface area contributed by atoms with Gasteiger partial charge in [0.1, 0.15) is 5.82 Å². The normalized spacial score (nSPS) is 13.8. The van der Waals surface area contributed by atoms with Gasteiger partial charge in [0, 0.05) is 19.1 Å². The standard InChI is InChI=1S/C11H14F4N2/c1-7(5-16)17-6-8-2-3-10(12)9(4-8)11(13,14)15/h2-4,7,17H,5-6,16H2,1H3/t7-/m0/s1. The average molecular weight is 250 g/mol. The largest absolute Gasteiger partial charge is 0.419 e. The maximum atomic E-state index is 13.0. The first-order valence-corrected chi connectivity index (χ1v) is 5.13. The van der Waals surface area contributed by atoms with Crippen LogP contribution < -0.4 is 11.1 Å². The number of halogens is 4. The van der Waals surface area contributed by atoms with E-state index in [4.69, 9.17) is 5.73 Å². The van der Waals surface area contributed by atoms with Crippen molar-refractivity contribution in [3.8, 4) is 0 Å². The minimum atomic E-state index is -4.67. The van der Waals surface area contributed by atoms with E-state index in [1.165, 1.54) is 6.07 Å². The zero-order valence-corrected chi connectivity index (χ0v) is 9.31. The predicted molar refractivity (Wildman–Crippen MR) is 56.8 cm³/mol. The summed E-state index contributed by atoms with van der Waals surface area (Å²) in [5, 5.41) is 2.93. The van der Waals surface area contributed by atoms with Crippen molar-refractivity contribution in [1.82, 2.24) is 5.32 Å². The van der Waals surface area contributed by atoms with Gasteiger partial charge < -0.3 is 11.1 Å². The number of rotatable bonds is 4. The minimum Gasteiger partial charge on any atom is -0.329 e. The molecule has 1 aromatic rings. The summed E-state index contributed by atoms with van der Waals surface area (Å²) in [6, 6.07) is 2.95. The van der Waals surface area contributed by atoms with Crippen LogP contribution in [0.3, 0.4) is 0 Å². The Kier molecular flexibility index (Phi) is 4.47. The third-order valence-corrected chi connectivity index (χ3v) is 2.34. The first-order chi connectivity index (χ1) is 7.84. The van der Waals surface area contributed by atoms with Crippen molar-refractivity contribution in [3.05, 3.63) is 35.1 Å². The van der Waals surface area contributed by atoms with Gasteiger partial charge in [-0.1, -0.05) is 6.07 Å². The van der Waals surface area contributed by atoms with Gasteiger partial charge in [-0.3, -0.25) is 0 Å². The molecule has 0 saturated carbocycles. The van der Waals surface area contributed by atoms with E-state index < -0.39 is 17.6 Å². The van der Waals surface area contributed by atoms with E-state index in [0.717, 1.165) is 12.1 Å². The highest BCUT2D eigenvalue weighted by Gasteiger charge is 2.34. The van der Waals surface area contributed by atoms with Crippen LogP contribution in [-0.2, 0) is 12.7 Å². The second-order valence-corrected chi connectivity index (χ2v) is 3.83. The van der Waals surface area contributed by atoms with Crippen molar-refractivity contribution in [3.63, 3.8) is 0 Å². The van der Waals surface area contributed by atoms with E-state index in [1.54, 1.807) is 0 Å². The summed E-state index contributed by atoms with van der Waals surface area (Å²) in [7, 11) is 0. The smallest absolute Gasteiger partial charge is 0.329 e. The molecule has 0 bridgehead atoms. The number of hydrogen-bond donors (Lipinski definition) is 2. The van der Waals surface area contributed by atoms with Crippen LogP contribution in [-0.4, -0.2) is 12.6 Å². The molecular formula is C11H14F4N2. The highest BCUT2D eigenvalue weighted by molar-refractivity contribution is 5.27. The molecule has 0 spiro atoms. The molecule has 0 aliphatic heterocycles. The fourth-order valence-corrected chi connectivity index (χ4v) is 1.28. The number of hydrogen-bond acceptors (Lipinski definition) is 2. The second-order valence-electron chi connectivity index (χ2n) is 3.83. The SMILES string of the molecule is C[C@@H](CN)NCc1ccc(F)c(C(F)(F)F)c1. The van der Waals surface area contributed by atoms with Crippen molar-refractivity contribution in [2.75, 3.05) is 6.54 Å². The first-order valence-electron chi connectivity index (χ1n) is 5.13. The Hall–Kier alpha value is -1.14. The molecule has 0 amide bonds. The molecule has 0 radical (unpaired) electrons. The molecule has 17 heavy (non-hydrogen) atoms. The van der Waals surface area contributed by atoms with E-state index in [2.05, 4.69) is 5.32 Å². The van der Waals surface area contributed by atoms with Gasteiger partial charge >= 0.3 is 6.18 Å². The van der Waals surface area contributed by atoms with Crippen LogP contribution >= 0.6 is 0 Å². The Morgan fingerprint density at radius 3 is 2.53 bits per heavy atom. The fraction of sp³-hybridized carbons (Fsp3) is 0.455. The first kappa shape index (κ1) is 13.9. The number of nitrogens with two attached hydrogens (primary N) is 1. The third kappa shape index (κ3) is 3.98. The predicted octanol–water partition coefficient (Wildman–Crippen LogP) is 2.28. The van der Waals surface area contributed by atoms with Gasteiger partial charge in [0.05, 0.1) is 5.56 Å². The van der Waals surface area contributed by atoms with Gasteiger partial charge in [0.2, 0.25) is 0 Å². The molecule has 0 aliphatic carbocycles. The van der Waals surface area contributed by atoms with Gasteiger partial charge in [-0.2, -0.15) is 13.2 Å². The van der Waals surface area contributed by atoms with Gasteiger partial charge in [-0.15, -0.1) is 0 Å². The lowest BCUT2D eigenvalue weighted by molar-refractivity contribution is -0.140. The van der Waals surface area contributed by atoms with E-state index in [1.807, 2.05) is 6.92 Å². The van der Waals surface area contributed by atoms with Crippen LogP contribution in [0.2, 0.25) is 0 Å². The van der Waals surface area contributed by atoms with E-state index in [9.17, 15) is 17.6 Å². The fourth-order valence-electron chi connectivity index (χ4n) is 1.28.